The number of nitrogens with zero attached hydrogens (tertiary/aromatic N) is 19. The molecule has 1 aliphatic carbocycles. The van der Waals surface area contributed by atoms with Gasteiger partial charge in [0.25, 0.3) is 0 Å². The molecule has 126 heavy (non-hydrogen) atoms. The van der Waals surface area contributed by atoms with Crippen LogP contribution in [0.3, 0.4) is 0 Å². The van der Waals surface area contributed by atoms with Crippen LogP contribution in [0.15, 0.2) is 232 Å². The zero-order valence-corrected chi connectivity index (χ0v) is 72.8. The van der Waals surface area contributed by atoms with Crippen molar-refractivity contribution in [3.05, 3.63) is 254 Å². The Balaban J connectivity index is 0.000000130. The number of aliphatic hydroxyl groups is 2. The number of nitrogens with one attached hydrogen (secondary N) is 1. The lowest BCUT2D eigenvalue weighted by Gasteiger charge is -2.26. The van der Waals surface area contributed by atoms with Gasteiger partial charge in [-0.1, -0.05) is 81.1 Å². The maximum atomic E-state index is 14.1. The fourth-order valence-corrected chi connectivity index (χ4v) is 15.5. The third kappa shape index (κ3) is 21.7. The fraction of sp³-hybridized carbons (Fsp3) is 0.299. The summed E-state index contributed by atoms with van der Waals surface area (Å²) >= 11 is 6.57. The predicted molar refractivity (Wildman–Crippen MR) is 493 cm³/mol. The molecule has 648 valence electrons. The number of aliphatic hydroxyl groups excluding tert-OH is 2. The lowest BCUT2D eigenvalue weighted by molar-refractivity contribution is -0.0394. The molecule has 16 aromatic rings. The van der Waals surface area contributed by atoms with E-state index in [2.05, 4.69) is 125 Å². The Morgan fingerprint density at radius 3 is 1.49 bits per heavy atom. The fourth-order valence-electron chi connectivity index (χ4n) is 15.3. The highest BCUT2D eigenvalue weighted by atomic mass is 35.5. The number of aromatic nitrogens is 16. The van der Waals surface area contributed by atoms with E-state index < -0.39 is 0 Å². The zero-order chi connectivity index (χ0) is 87.4. The van der Waals surface area contributed by atoms with Gasteiger partial charge < -0.3 is 53.9 Å². The van der Waals surface area contributed by atoms with Crippen LogP contribution in [-0.2, 0) is 24.9 Å². The third-order valence-corrected chi connectivity index (χ3v) is 22.4. The van der Waals surface area contributed by atoms with Crippen molar-refractivity contribution in [2.45, 2.75) is 96.9 Å². The van der Waals surface area contributed by atoms with E-state index in [-0.39, 0.29) is 25.3 Å². The third-order valence-electron chi connectivity index (χ3n) is 22.1. The minimum absolute atomic E-state index is 0.0198. The summed E-state index contributed by atoms with van der Waals surface area (Å²) in [7, 11) is 10.3. The monoisotopic (exact) mass is 1710 g/mol. The first-order chi connectivity index (χ1) is 61.7. The summed E-state index contributed by atoms with van der Waals surface area (Å²) in [4.78, 5) is 44.2. The molecule has 0 amide bonds. The Morgan fingerprint density at radius 2 is 0.984 bits per heavy atom. The molecular formula is C97H104ClFN20O7. The number of halogens is 2. The Bertz CT molecular complexity index is 6300. The smallest absolute Gasteiger partial charge is 0.150 e. The average Bonchev–Trinajstić information content (AvgIpc) is 1.78. The standard InChI is InChI=1S/C27H28N4O.C24H28N6O3.C23H24ClN5O.C23H24FN5O2/c1-2-6-20(7-3-1)23(14-19-9-10-19)21-11-12-24-25(15-21)30-26(17-28-24)22-16-29-31(18-22)27-8-4-5-13-32-27;1-25-6-7-30(19-10-20(32-2)13-21(11-19)33-3)18-4-5-22-23(12-18)28-24(15-26-22)17-14-27-29(16-17)8-9-31;1-4-5-10-29(23-12-18(30-3)7-8-19(23)24)17-6-9-20-21(11-17)27-22(14-25-20)16-13-26-28(2)15-16;1-3-6-29(19-9-17(24)10-20(11-19)31-2)18-4-5-21-22(12-18)27-23(14-25-21)16-13-26-28(15-16)7-8-30/h1-3,6-7,11-12,15-19,23,27H,4-5,8-10,13-14H2;4-5,10-16,25,31H,6-9H2,1-3H3;6-9,11-15H,4-5,10H2,1-3H3;4-5,9-15,30H,3,6-8H2,1-2H3. The highest BCUT2D eigenvalue weighted by Gasteiger charge is 2.29. The van der Waals surface area contributed by atoms with Crippen molar-refractivity contribution >= 4 is 89.9 Å². The van der Waals surface area contributed by atoms with Crippen LogP contribution in [0.5, 0.6) is 23.0 Å². The first kappa shape index (κ1) is 87.5. The number of rotatable bonds is 31. The second-order valence-corrected chi connectivity index (χ2v) is 31.4. The molecule has 27 nitrogen and oxygen atoms in total. The summed E-state index contributed by atoms with van der Waals surface area (Å²) in [6, 6.07) is 51.7. The Hall–Kier alpha value is -13.4. The highest BCUT2D eigenvalue weighted by molar-refractivity contribution is 6.33. The van der Waals surface area contributed by atoms with Crippen LogP contribution in [0.4, 0.5) is 38.5 Å². The van der Waals surface area contributed by atoms with Gasteiger partial charge in [-0.25, -0.2) is 29.0 Å². The SMILES string of the molecule is CCCCN(c1ccc2ncc(-c3cnn(C)c3)nc2c1)c1cc(OC)ccc1Cl.CCCN(c1cc(F)cc(OC)c1)c1ccc2ncc(-c3cnn(CCO)c3)nc2c1.CNCCN(c1cc(OC)cc(OC)c1)c1ccc2ncc(-c3cnn(CCO)c3)nc2c1.c1ccc(C(CC2CC2)c2ccc3ncc(-c4cnn(C5CCCCO5)c4)nc3c2)cc1. The van der Waals surface area contributed by atoms with Gasteiger partial charge in [-0.2, -0.15) is 20.4 Å². The Labute approximate surface area is 736 Å². The van der Waals surface area contributed by atoms with Gasteiger partial charge in [-0.15, -0.1) is 0 Å². The number of benzene rings is 8. The van der Waals surface area contributed by atoms with Crippen LogP contribution >= 0.6 is 11.6 Å². The van der Waals surface area contributed by atoms with Gasteiger partial charge in [0.1, 0.15) is 35.0 Å². The van der Waals surface area contributed by atoms with Crippen molar-refractivity contribution in [3.8, 4) is 68.0 Å². The number of aryl methyl sites for hydroxylation is 1. The number of unbranched alkanes of at least 4 members (excludes halogenated alkanes) is 1. The molecule has 0 bridgehead atoms. The van der Waals surface area contributed by atoms with E-state index in [0.717, 1.165) is 193 Å². The maximum absolute atomic E-state index is 14.1. The van der Waals surface area contributed by atoms with Crippen molar-refractivity contribution in [2.24, 2.45) is 13.0 Å². The van der Waals surface area contributed by atoms with E-state index >= 15 is 0 Å². The van der Waals surface area contributed by atoms with Gasteiger partial charge in [0.05, 0.1) is 182 Å². The van der Waals surface area contributed by atoms with E-state index in [1.54, 1.807) is 72.6 Å². The van der Waals surface area contributed by atoms with Crippen molar-refractivity contribution in [1.82, 2.24) is 84.3 Å². The molecule has 8 aromatic carbocycles. The molecule has 2 fully saturated rings. The molecule has 2 aliphatic rings. The van der Waals surface area contributed by atoms with Gasteiger partial charge >= 0.3 is 0 Å². The van der Waals surface area contributed by atoms with Gasteiger partial charge in [-0.3, -0.25) is 34.0 Å². The van der Waals surface area contributed by atoms with Crippen LogP contribution in [0, 0.1) is 11.7 Å². The van der Waals surface area contributed by atoms with Crippen molar-refractivity contribution in [1.29, 1.82) is 0 Å². The van der Waals surface area contributed by atoms with E-state index in [1.807, 2.05) is 146 Å². The molecule has 9 heterocycles. The predicted octanol–water partition coefficient (Wildman–Crippen LogP) is 18.8. The lowest BCUT2D eigenvalue weighted by atomic mass is 9.86. The van der Waals surface area contributed by atoms with Crippen LogP contribution in [0.1, 0.15) is 94.9 Å². The Morgan fingerprint density at radius 1 is 0.476 bits per heavy atom. The summed E-state index contributed by atoms with van der Waals surface area (Å²) in [5.41, 5.74) is 21.5. The van der Waals surface area contributed by atoms with Crippen LogP contribution in [0.2, 0.25) is 5.02 Å². The molecule has 2 unspecified atom stereocenters. The molecule has 3 N–H and O–H groups in total. The van der Waals surface area contributed by atoms with Crippen molar-refractivity contribution < 1.29 is 38.3 Å². The van der Waals surface area contributed by atoms with Crippen LogP contribution < -0.4 is 39.0 Å². The number of fused-ring (bicyclic) bond motifs is 4. The van der Waals surface area contributed by atoms with E-state index in [1.165, 1.54) is 56.1 Å². The summed E-state index contributed by atoms with van der Waals surface area (Å²) in [5.74, 6) is 3.60. The van der Waals surface area contributed by atoms with Crippen LogP contribution in [-0.4, -0.2) is 171 Å². The molecule has 29 heteroatoms. The Kier molecular flexibility index (Phi) is 29.1. The topological polar surface area (TPSA) is 283 Å². The number of hydrogen-bond acceptors (Lipinski definition) is 23. The molecule has 18 rings (SSSR count). The number of methoxy groups -OCH3 is 4. The quantitative estimate of drug-likeness (QED) is 0.0364. The lowest BCUT2D eigenvalue weighted by Crippen LogP contribution is -2.26. The molecule has 2 atom stereocenters. The summed E-state index contributed by atoms with van der Waals surface area (Å²) < 4.78 is 48.6. The minimum atomic E-state index is -0.349. The molecule has 0 radical (unpaired) electrons. The van der Waals surface area contributed by atoms with Gasteiger partial charge in [-0.05, 0) is 148 Å². The second kappa shape index (κ2) is 41.9. The molecular weight excluding hydrogens is 1610 g/mol. The second-order valence-electron chi connectivity index (χ2n) is 30.9. The number of anilines is 6. The van der Waals surface area contributed by atoms with E-state index in [4.69, 9.17) is 70.4 Å². The zero-order valence-electron chi connectivity index (χ0n) is 72.1. The highest BCUT2D eigenvalue weighted by Crippen LogP contribution is 2.44. The summed E-state index contributed by atoms with van der Waals surface area (Å²) in [6.45, 7) is 9.05. The van der Waals surface area contributed by atoms with Gasteiger partial charge in [0, 0.05) is 158 Å². The van der Waals surface area contributed by atoms with Gasteiger partial charge in [0.2, 0.25) is 0 Å². The molecule has 1 saturated carbocycles. The molecule has 0 spiro atoms. The van der Waals surface area contributed by atoms with Crippen molar-refractivity contribution in [2.75, 3.05) is 96.2 Å². The average molecular weight is 1720 g/mol. The van der Waals surface area contributed by atoms with Crippen molar-refractivity contribution in [3.63, 3.8) is 0 Å². The molecule has 8 aromatic heterocycles. The normalized spacial score (nSPS) is 13.3. The first-order valence-electron chi connectivity index (χ1n) is 42.6. The maximum Gasteiger partial charge on any atom is 0.150 e. The van der Waals surface area contributed by atoms with E-state index in [0.29, 0.717) is 47.7 Å². The summed E-state index contributed by atoms with van der Waals surface area (Å²) in [5, 5.41) is 39.4. The number of hydrogen-bond donors (Lipinski definition) is 3. The van der Waals surface area contributed by atoms with Crippen LogP contribution in [0.25, 0.3) is 89.2 Å². The van der Waals surface area contributed by atoms with Gasteiger partial charge in [0.15, 0.2) is 0 Å². The van der Waals surface area contributed by atoms with E-state index in [9.17, 15) is 4.39 Å². The summed E-state index contributed by atoms with van der Waals surface area (Å²) in [6.07, 6.45) is 32.1. The largest absolute Gasteiger partial charge is 0.497 e. The molecule has 1 saturated heterocycles. The first-order valence-corrected chi connectivity index (χ1v) is 43.0. The number of ether oxygens (including phenoxy) is 5. The minimum Gasteiger partial charge on any atom is -0.497 e. The number of likely N-dealkylation sites (N-methyl/N-ethyl adjacent to an activating group) is 1. The molecule has 1 aliphatic heterocycles.